The van der Waals surface area contributed by atoms with E-state index in [1.807, 2.05) is 6.92 Å². The molecule has 0 fully saturated rings. The van der Waals surface area contributed by atoms with E-state index in [0.717, 1.165) is 0 Å². The maximum Gasteiger partial charge on any atom is 0.211 e. The molecule has 0 saturated carbocycles. The zero-order valence-corrected chi connectivity index (χ0v) is 12.5. The van der Waals surface area contributed by atoms with Crippen LogP contribution in [0.1, 0.15) is 34.6 Å². The van der Waals surface area contributed by atoms with E-state index in [9.17, 15) is 8.42 Å². The van der Waals surface area contributed by atoms with Crippen LogP contribution in [0.2, 0.25) is 0 Å². The van der Waals surface area contributed by atoms with Crippen LogP contribution in [0.25, 0.3) is 0 Å². The quantitative estimate of drug-likeness (QED) is 0.722. The minimum Gasteiger partial charge on any atom is -0.215 e. The van der Waals surface area contributed by atoms with Gasteiger partial charge in [-0.1, -0.05) is 34.6 Å². The third-order valence-corrected chi connectivity index (χ3v) is 5.20. The second-order valence-corrected chi connectivity index (χ2v) is 7.67. The average molecular weight is 270 g/mol. The van der Waals surface area contributed by atoms with Gasteiger partial charge in [-0.25, -0.2) is 13.1 Å². The lowest BCUT2D eigenvalue weighted by Crippen LogP contribution is -2.39. The second-order valence-electron chi connectivity index (χ2n) is 5.51. The summed E-state index contributed by atoms with van der Waals surface area (Å²) in [4.78, 5) is 0. The Morgan fingerprint density at radius 1 is 1.25 bits per heavy atom. The lowest BCUT2D eigenvalue weighted by molar-refractivity contribution is 0.252. The Labute approximate surface area is 105 Å². The van der Waals surface area contributed by atoms with Gasteiger partial charge in [0.1, 0.15) is 0 Å². The molecule has 0 aromatic carbocycles. The SMILES string of the molecule is CC(CCl)CS(=O)(=O)NCC(C)(C)C(C)C. The summed E-state index contributed by atoms with van der Waals surface area (Å²) in [6.45, 7) is 10.6. The topological polar surface area (TPSA) is 46.2 Å². The molecule has 0 bridgehead atoms. The van der Waals surface area contributed by atoms with Crippen molar-refractivity contribution in [3.8, 4) is 0 Å². The molecule has 3 nitrogen and oxygen atoms in total. The summed E-state index contributed by atoms with van der Waals surface area (Å²) in [6, 6.07) is 0. The molecule has 0 aromatic rings. The molecule has 1 N–H and O–H groups in total. The summed E-state index contributed by atoms with van der Waals surface area (Å²) in [5.41, 5.74) is -0.0305. The van der Waals surface area contributed by atoms with E-state index < -0.39 is 10.0 Å². The fraction of sp³-hybridized carbons (Fsp3) is 1.00. The van der Waals surface area contributed by atoms with Crippen molar-refractivity contribution in [3.05, 3.63) is 0 Å². The molecule has 0 heterocycles. The highest BCUT2D eigenvalue weighted by Crippen LogP contribution is 2.24. The first-order valence-electron chi connectivity index (χ1n) is 5.64. The Bertz CT molecular complexity index is 299. The van der Waals surface area contributed by atoms with E-state index >= 15 is 0 Å². The lowest BCUT2D eigenvalue weighted by Gasteiger charge is -2.29. The highest BCUT2D eigenvalue weighted by molar-refractivity contribution is 7.89. The van der Waals surface area contributed by atoms with E-state index in [4.69, 9.17) is 11.6 Å². The fourth-order valence-corrected chi connectivity index (χ4v) is 2.79. The van der Waals surface area contributed by atoms with E-state index in [0.29, 0.717) is 18.3 Å². The first kappa shape index (κ1) is 16.2. The van der Waals surface area contributed by atoms with Gasteiger partial charge in [0.15, 0.2) is 0 Å². The second kappa shape index (κ2) is 6.22. The Kier molecular flexibility index (Phi) is 6.30. The van der Waals surface area contributed by atoms with Crippen LogP contribution in [0.4, 0.5) is 0 Å². The van der Waals surface area contributed by atoms with Gasteiger partial charge in [0, 0.05) is 12.4 Å². The number of alkyl halides is 1. The van der Waals surface area contributed by atoms with Crippen LogP contribution in [0.15, 0.2) is 0 Å². The minimum absolute atomic E-state index is 0.0127. The number of hydrogen-bond donors (Lipinski definition) is 1. The summed E-state index contributed by atoms with van der Waals surface area (Å²) < 4.78 is 26.1. The van der Waals surface area contributed by atoms with Gasteiger partial charge in [-0.05, 0) is 17.3 Å². The van der Waals surface area contributed by atoms with E-state index in [1.54, 1.807) is 0 Å². The molecule has 0 aliphatic rings. The molecular formula is C11H24ClNO2S. The molecule has 5 heteroatoms. The van der Waals surface area contributed by atoms with Crippen molar-refractivity contribution in [1.29, 1.82) is 0 Å². The van der Waals surface area contributed by atoms with Gasteiger partial charge in [-0.15, -0.1) is 11.6 Å². The summed E-state index contributed by atoms with van der Waals surface area (Å²) >= 11 is 5.61. The van der Waals surface area contributed by atoms with E-state index in [1.165, 1.54) is 0 Å². The van der Waals surface area contributed by atoms with Crippen LogP contribution in [0.3, 0.4) is 0 Å². The van der Waals surface area contributed by atoms with Crippen molar-refractivity contribution < 1.29 is 8.42 Å². The van der Waals surface area contributed by atoms with Gasteiger partial charge < -0.3 is 0 Å². The lowest BCUT2D eigenvalue weighted by atomic mass is 9.81. The Morgan fingerprint density at radius 2 is 1.75 bits per heavy atom. The fourth-order valence-electron chi connectivity index (χ4n) is 0.978. The first-order valence-corrected chi connectivity index (χ1v) is 7.82. The van der Waals surface area contributed by atoms with Gasteiger partial charge in [0.25, 0.3) is 0 Å². The monoisotopic (exact) mass is 269 g/mol. The summed E-state index contributed by atoms with van der Waals surface area (Å²) in [5, 5.41) is 0. The molecule has 16 heavy (non-hydrogen) atoms. The van der Waals surface area contributed by atoms with Gasteiger partial charge >= 0.3 is 0 Å². The average Bonchev–Trinajstić information content (AvgIpc) is 2.14. The Balaban J connectivity index is 4.30. The molecule has 0 saturated heterocycles. The largest absolute Gasteiger partial charge is 0.215 e. The highest BCUT2D eigenvalue weighted by Gasteiger charge is 2.25. The van der Waals surface area contributed by atoms with Crippen LogP contribution < -0.4 is 4.72 Å². The predicted octanol–water partition coefficient (Wildman–Crippen LogP) is 2.46. The van der Waals surface area contributed by atoms with Crippen molar-refractivity contribution in [2.45, 2.75) is 34.6 Å². The normalized spacial score (nSPS) is 15.4. The smallest absolute Gasteiger partial charge is 0.211 e. The highest BCUT2D eigenvalue weighted by atomic mass is 35.5. The zero-order valence-electron chi connectivity index (χ0n) is 10.9. The van der Waals surface area contributed by atoms with Gasteiger partial charge in [-0.2, -0.15) is 0 Å². The molecule has 0 radical (unpaired) electrons. The van der Waals surface area contributed by atoms with Crippen LogP contribution in [-0.4, -0.2) is 26.6 Å². The zero-order chi connectivity index (χ0) is 13.0. The predicted molar refractivity (Wildman–Crippen MR) is 70.3 cm³/mol. The molecule has 0 aliphatic carbocycles. The molecule has 1 atom stereocenters. The summed E-state index contributed by atoms with van der Waals surface area (Å²) in [6.07, 6.45) is 0. The van der Waals surface area contributed by atoms with Crippen molar-refractivity contribution in [2.75, 3.05) is 18.2 Å². The molecule has 0 rings (SSSR count). The summed E-state index contributed by atoms with van der Waals surface area (Å²) in [7, 11) is -3.19. The van der Waals surface area contributed by atoms with Gasteiger partial charge in [0.2, 0.25) is 10.0 Å². The van der Waals surface area contributed by atoms with Crippen molar-refractivity contribution in [1.82, 2.24) is 4.72 Å². The Morgan fingerprint density at radius 3 is 2.12 bits per heavy atom. The van der Waals surface area contributed by atoms with E-state index in [2.05, 4.69) is 32.4 Å². The third kappa shape index (κ3) is 6.06. The molecular weight excluding hydrogens is 246 g/mol. The van der Waals surface area contributed by atoms with Gasteiger partial charge in [-0.3, -0.25) is 0 Å². The van der Waals surface area contributed by atoms with Crippen LogP contribution in [-0.2, 0) is 10.0 Å². The van der Waals surface area contributed by atoms with Gasteiger partial charge in [0.05, 0.1) is 5.75 Å². The van der Waals surface area contributed by atoms with Crippen LogP contribution >= 0.6 is 11.6 Å². The van der Waals surface area contributed by atoms with Crippen LogP contribution in [0.5, 0.6) is 0 Å². The molecule has 98 valence electrons. The molecule has 0 amide bonds. The maximum absolute atomic E-state index is 11.7. The van der Waals surface area contributed by atoms with Crippen molar-refractivity contribution >= 4 is 21.6 Å². The molecule has 0 aromatic heterocycles. The van der Waals surface area contributed by atoms with Crippen LogP contribution in [0, 0.1) is 17.3 Å². The standard InChI is InChI=1S/C11H24ClNO2S/c1-9(2)11(4,5)8-13-16(14,15)7-10(3)6-12/h9-10,13H,6-8H2,1-5H3. The number of sulfonamides is 1. The molecule has 0 spiro atoms. The number of hydrogen-bond acceptors (Lipinski definition) is 2. The maximum atomic E-state index is 11.7. The van der Waals surface area contributed by atoms with E-state index in [-0.39, 0.29) is 17.1 Å². The first-order chi connectivity index (χ1) is 7.10. The van der Waals surface area contributed by atoms with Crippen molar-refractivity contribution in [3.63, 3.8) is 0 Å². The third-order valence-electron chi connectivity index (χ3n) is 3.08. The molecule has 0 aliphatic heterocycles. The van der Waals surface area contributed by atoms with Crippen molar-refractivity contribution in [2.24, 2.45) is 17.3 Å². The number of rotatable bonds is 7. The summed E-state index contributed by atoms with van der Waals surface area (Å²) in [5.74, 6) is 0.890. The Hall–Kier alpha value is 0.200. The number of halogens is 1. The molecule has 1 unspecified atom stereocenters. The minimum atomic E-state index is -3.19. The number of nitrogens with one attached hydrogen (secondary N) is 1.